The highest BCUT2D eigenvalue weighted by molar-refractivity contribution is 5.93. The number of amides is 1. The van der Waals surface area contributed by atoms with E-state index < -0.39 is 30.2 Å². The lowest BCUT2D eigenvalue weighted by molar-refractivity contribution is -0.142. The van der Waals surface area contributed by atoms with Crippen molar-refractivity contribution in [2.24, 2.45) is 0 Å². The zero-order valence-corrected chi connectivity index (χ0v) is 24.0. The van der Waals surface area contributed by atoms with Crippen LogP contribution in [0.3, 0.4) is 0 Å². The quantitative estimate of drug-likeness (QED) is 0.246. The van der Waals surface area contributed by atoms with Gasteiger partial charge in [0, 0.05) is 38.5 Å². The maximum atomic E-state index is 13.5. The average molecular weight is 572 g/mol. The fourth-order valence-electron chi connectivity index (χ4n) is 5.30. The van der Waals surface area contributed by atoms with Gasteiger partial charge in [0.05, 0.1) is 24.3 Å². The van der Waals surface area contributed by atoms with Gasteiger partial charge in [-0.05, 0) is 75.6 Å². The van der Waals surface area contributed by atoms with E-state index in [0.29, 0.717) is 44.0 Å². The third-order valence-electron chi connectivity index (χ3n) is 8.02. The minimum Gasteiger partial charge on any atom is -0.481 e. The van der Waals surface area contributed by atoms with Crippen LogP contribution in [-0.4, -0.2) is 91.1 Å². The highest BCUT2D eigenvalue weighted by Crippen LogP contribution is 2.48. The van der Waals surface area contributed by atoms with Crippen LogP contribution >= 0.6 is 0 Å². The van der Waals surface area contributed by atoms with Gasteiger partial charge in [0.25, 0.3) is 0 Å². The summed E-state index contributed by atoms with van der Waals surface area (Å²) in [4.78, 5) is 36.6. The highest BCUT2D eigenvalue weighted by Gasteiger charge is 2.53. The smallest absolute Gasteiger partial charge is 0.326 e. The third-order valence-corrected chi connectivity index (χ3v) is 8.02. The molecule has 2 aromatic rings. The zero-order valence-electron chi connectivity index (χ0n) is 24.0. The lowest BCUT2D eigenvalue weighted by atomic mass is 9.99. The number of ether oxygens (including phenoxy) is 2. The molecular formula is C30H42FN5O5. The Hall–Kier alpha value is -3.31. The van der Waals surface area contributed by atoms with Crippen LogP contribution in [0, 0.1) is 0 Å². The Morgan fingerprint density at radius 2 is 2.00 bits per heavy atom. The molecule has 0 bridgehead atoms. The minimum atomic E-state index is -1.10. The molecule has 1 saturated carbocycles. The molecule has 0 aromatic carbocycles. The fraction of sp³-hybridized carbons (Fsp3) is 0.600. The molecule has 3 N–H and O–H groups in total. The lowest BCUT2D eigenvalue weighted by Gasteiger charge is -2.27. The predicted molar refractivity (Wildman–Crippen MR) is 153 cm³/mol. The number of nitrogens with one attached hydrogen (secondary N) is 2. The van der Waals surface area contributed by atoms with Crippen molar-refractivity contribution < 1.29 is 28.6 Å². The van der Waals surface area contributed by atoms with Crippen molar-refractivity contribution >= 4 is 17.7 Å². The topological polar surface area (TPSA) is 126 Å². The summed E-state index contributed by atoms with van der Waals surface area (Å²) in [5, 5.41) is 16.0. The normalized spacial score (nSPS) is 16.8. The third kappa shape index (κ3) is 8.13. The molecule has 11 heteroatoms. The zero-order chi connectivity index (χ0) is 29.2. The van der Waals surface area contributed by atoms with Crippen LogP contribution in [0.2, 0.25) is 0 Å². The van der Waals surface area contributed by atoms with Crippen LogP contribution < -0.4 is 15.4 Å². The first-order chi connectivity index (χ1) is 19.9. The molecular weight excluding hydrogens is 529 g/mol. The van der Waals surface area contributed by atoms with Crippen molar-refractivity contribution in [3.8, 4) is 5.88 Å². The monoisotopic (exact) mass is 571 g/mol. The summed E-state index contributed by atoms with van der Waals surface area (Å²) in [6, 6.07) is 8.41. The maximum absolute atomic E-state index is 13.5. The van der Waals surface area contributed by atoms with Gasteiger partial charge in [0.15, 0.2) is 0 Å². The molecule has 0 radical (unpaired) electrons. The van der Waals surface area contributed by atoms with Crippen LogP contribution in [0.25, 0.3) is 0 Å². The fourth-order valence-corrected chi connectivity index (χ4v) is 5.30. The van der Waals surface area contributed by atoms with E-state index in [0.717, 1.165) is 50.2 Å². The summed E-state index contributed by atoms with van der Waals surface area (Å²) < 4.78 is 23.9. The summed E-state index contributed by atoms with van der Waals surface area (Å²) in [7, 11) is 2.98. The van der Waals surface area contributed by atoms with Crippen LogP contribution in [0.1, 0.15) is 55.5 Å². The number of rotatable bonds is 17. The number of methoxy groups -OCH3 is 2. The van der Waals surface area contributed by atoms with Gasteiger partial charge >= 0.3 is 5.97 Å². The van der Waals surface area contributed by atoms with Crippen molar-refractivity contribution in [1.82, 2.24) is 20.2 Å². The first kappa shape index (κ1) is 30.6. The predicted octanol–water partition coefficient (Wildman–Crippen LogP) is 3.14. The number of carboxylic acids is 1. The molecule has 2 atom stereocenters. The minimum absolute atomic E-state index is 0.184. The SMILES string of the molecule is COc1cccc(C2(C(=O)N[C@@H](CCN(CCCCc3ccc4c(n3)NCCC4)C[C@@H](CF)OC)C(=O)O)CC2)n1. The Balaban J connectivity index is 1.32. The Bertz CT molecular complexity index is 1170. The largest absolute Gasteiger partial charge is 0.481 e. The summed E-state index contributed by atoms with van der Waals surface area (Å²) in [6.45, 7) is 1.69. The second kappa shape index (κ2) is 14.5. The molecule has 10 nitrogen and oxygen atoms in total. The summed E-state index contributed by atoms with van der Waals surface area (Å²) in [5.74, 6) is -0.0545. The van der Waals surface area contributed by atoms with Gasteiger partial charge in [-0.1, -0.05) is 12.1 Å². The lowest BCUT2D eigenvalue weighted by Crippen LogP contribution is -2.48. The molecule has 0 saturated heterocycles. The van der Waals surface area contributed by atoms with E-state index in [1.54, 1.807) is 18.2 Å². The van der Waals surface area contributed by atoms with Crippen molar-refractivity contribution in [3.63, 3.8) is 0 Å². The first-order valence-corrected chi connectivity index (χ1v) is 14.5. The molecule has 2 aliphatic rings. The van der Waals surface area contributed by atoms with E-state index >= 15 is 0 Å². The number of hydrogen-bond donors (Lipinski definition) is 3. The maximum Gasteiger partial charge on any atom is 0.326 e. The first-order valence-electron chi connectivity index (χ1n) is 14.5. The molecule has 1 amide bonds. The second-order valence-corrected chi connectivity index (χ2v) is 10.9. The van der Waals surface area contributed by atoms with Crippen LogP contribution in [0.15, 0.2) is 30.3 Å². The summed E-state index contributed by atoms with van der Waals surface area (Å²) in [6.07, 6.45) is 5.51. The van der Waals surface area contributed by atoms with Gasteiger partial charge in [-0.15, -0.1) is 0 Å². The Labute approximate surface area is 241 Å². The van der Waals surface area contributed by atoms with Gasteiger partial charge in [-0.25, -0.2) is 19.2 Å². The molecule has 0 unspecified atom stereocenters. The molecule has 41 heavy (non-hydrogen) atoms. The number of anilines is 1. The average Bonchev–Trinajstić information content (AvgIpc) is 3.81. The van der Waals surface area contributed by atoms with Gasteiger partial charge in [0.1, 0.15) is 18.5 Å². The van der Waals surface area contributed by atoms with E-state index in [9.17, 15) is 19.1 Å². The number of carbonyl (C=O) groups excluding carboxylic acids is 1. The molecule has 2 aromatic heterocycles. The van der Waals surface area contributed by atoms with Gasteiger partial charge < -0.3 is 30.1 Å². The Kier molecular flexibility index (Phi) is 10.9. The molecule has 3 heterocycles. The van der Waals surface area contributed by atoms with E-state index in [-0.39, 0.29) is 12.3 Å². The number of aryl methyl sites for hydroxylation is 2. The Morgan fingerprint density at radius 3 is 2.71 bits per heavy atom. The van der Waals surface area contributed by atoms with E-state index in [2.05, 4.69) is 27.8 Å². The van der Waals surface area contributed by atoms with Crippen molar-refractivity contribution in [2.75, 3.05) is 52.4 Å². The number of halogens is 1. The number of pyridine rings is 2. The van der Waals surface area contributed by atoms with Gasteiger partial charge in [0.2, 0.25) is 11.8 Å². The summed E-state index contributed by atoms with van der Waals surface area (Å²) in [5.41, 5.74) is 2.04. The van der Waals surface area contributed by atoms with E-state index in [1.807, 2.05) is 4.90 Å². The number of hydrogen-bond acceptors (Lipinski definition) is 8. The number of alkyl halides is 1. The molecule has 0 spiro atoms. The standard InChI is InChI=1S/C30H42FN5O5/c1-40-23(19-31)20-36(17-4-3-8-22-12-11-21-7-6-16-32-27(21)33-22)18-13-24(28(37)38)34-29(39)30(14-15-30)25-9-5-10-26(35-25)41-2/h5,9-12,23-24H,3-4,6-8,13-20H2,1-2H3,(H,32,33)(H,34,39)(H,37,38)/t23-,24+/m1/s1. The number of nitrogens with zero attached hydrogens (tertiary/aromatic N) is 3. The molecule has 1 aliphatic heterocycles. The van der Waals surface area contributed by atoms with Crippen molar-refractivity contribution in [1.29, 1.82) is 0 Å². The van der Waals surface area contributed by atoms with Crippen molar-refractivity contribution in [2.45, 2.75) is 68.9 Å². The van der Waals surface area contributed by atoms with Gasteiger partial charge in [-0.2, -0.15) is 0 Å². The molecule has 4 rings (SSSR count). The number of fused-ring (bicyclic) bond motifs is 1. The molecule has 1 fully saturated rings. The molecule has 224 valence electrons. The number of aliphatic carboxylic acids is 1. The van der Waals surface area contributed by atoms with Crippen LogP contribution in [0.5, 0.6) is 5.88 Å². The number of unbranched alkanes of at least 4 members (excludes halogenated alkanes) is 1. The van der Waals surface area contributed by atoms with Crippen LogP contribution in [-0.2, 0) is 32.6 Å². The Morgan fingerprint density at radius 1 is 1.17 bits per heavy atom. The number of carboxylic acid groups (broad SMARTS) is 1. The van der Waals surface area contributed by atoms with E-state index in [1.165, 1.54) is 19.8 Å². The number of aromatic nitrogens is 2. The van der Waals surface area contributed by atoms with Gasteiger partial charge in [-0.3, -0.25) is 4.79 Å². The number of carbonyl (C=O) groups is 2. The second-order valence-electron chi connectivity index (χ2n) is 10.9. The summed E-state index contributed by atoms with van der Waals surface area (Å²) >= 11 is 0. The highest BCUT2D eigenvalue weighted by atomic mass is 19.1. The van der Waals surface area contributed by atoms with Crippen molar-refractivity contribution in [3.05, 3.63) is 47.3 Å². The van der Waals surface area contributed by atoms with Crippen LogP contribution in [0.4, 0.5) is 10.2 Å². The molecule has 1 aliphatic carbocycles. The van der Waals surface area contributed by atoms with E-state index in [4.69, 9.17) is 14.5 Å².